The predicted octanol–water partition coefficient (Wildman–Crippen LogP) is 4.82. The highest BCUT2D eigenvalue weighted by Crippen LogP contribution is 2.33. The van der Waals surface area contributed by atoms with Crippen molar-refractivity contribution in [3.63, 3.8) is 0 Å². The maximum atomic E-state index is 12.7. The lowest BCUT2D eigenvalue weighted by Gasteiger charge is -2.21. The van der Waals surface area contributed by atoms with Crippen molar-refractivity contribution in [2.75, 3.05) is 13.2 Å². The zero-order valence-corrected chi connectivity index (χ0v) is 18.5. The largest absolute Gasteiger partial charge is 0.490 e. The van der Waals surface area contributed by atoms with Crippen LogP contribution >= 0.6 is 0 Å². The van der Waals surface area contributed by atoms with Gasteiger partial charge in [-0.05, 0) is 29.2 Å². The second-order valence-corrected chi connectivity index (χ2v) is 8.15. The Morgan fingerprint density at radius 1 is 0.906 bits per heavy atom. The van der Waals surface area contributed by atoms with Crippen LogP contribution in [0.15, 0.2) is 78.9 Å². The van der Waals surface area contributed by atoms with E-state index in [9.17, 15) is 9.90 Å². The van der Waals surface area contributed by atoms with Crippen molar-refractivity contribution in [3.05, 3.63) is 95.6 Å². The van der Waals surface area contributed by atoms with Crippen LogP contribution < -0.4 is 9.47 Å². The van der Waals surface area contributed by atoms with Crippen LogP contribution in [-0.4, -0.2) is 35.3 Å². The number of carbonyl (C=O) groups excluding carboxylic acids is 1. The summed E-state index contributed by atoms with van der Waals surface area (Å²) in [5.41, 5.74) is 2.43. The lowest BCUT2D eigenvalue weighted by molar-refractivity contribution is 0.0529. The molecule has 1 atom stereocenters. The second kappa shape index (κ2) is 11.5. The fourth-order valence-electron chi connectivity index (χ4n) is 3.37. The van der Waals surface area contributed by atoms with E-state index in [4.69, 9.17) is 14.6 Å². The molecule has 0 saturated carbocycles. The van der Waals surface area contributed by atoms with Gasteiger partial charge in [0.1, 0.15) is 30.3 Å². The van der Waals surface area contributed by atoms with Gasteiger partial charge in [0.25, 0.3) is 0 Å². The fourth-order valence-corrected chi connectivity index (χ4v) is 3.37. The van der Waals surface area contributed by atoms with Gasteiger partial charge in [0, 0.05) is 12.5 Å². The molecule has 32 heavy (non-hydrogen) atoms. The van der Waals surface area contributed by atoms with Gasteiger partial charge in [-0.25, -0.2) is 0 Å². The van der Waals surface area contributed by atoms with E-state index < -0.39 is 12.7 Å². The summed E-state index contributed by atoms with van der Waals surface area (Å²) in [5, 5.41) is 18.8. The molecule has 0 heterocycles. The summed E-state index contributed by atoms with van der Waals surface area (Å²) in [6.45, 7) is 3.42. The summed E-state index contributed by atoms with van der Waals surface area (Å²) in [6.07, 6.45) is -0.991. The molecule has 0 aliphatic heterocycles. The first-order chi connectivity index (χ1) is 15.5. The Labute approximate surface area is 189 Å². The van der Waals surface area contributed by atoms with Crippen molar-refractivity contribution in [3.8, 4) is 11.5 Å². The highest BCUT2D eigenvalue weighted by atomic mass is 16.5. The van der Waals surface area contributed by atoms with Crippen LogP contribution in [0.4, 0.5) is 0 Å². The number of benzene rings is 3. The highest BCUT2D eigenvalue weighted by molar-refractivity contribution is 5.99. The standard InChI is InChI=1S/C27H30O5/c1-19(2)15-25(30)24-14-13-23(16-26(24)31-18-22(29)17-28)32-27(20-9-5-3-6-10-20)21-11-7-4-8-12-21/h3-14,16,19,22,27-29H,15,17-18H2,1-2H3/t22-/m0/s1. The van der Waals surface area contributed by atoms with Crippen LogP contribution in [0.2, 0.25) is 0 Å². The number of hydrogen-bond donors (Lipinski definition) is 2. The second-order valence-electron chi connectivity index (χ2n) is 8.15. The van der Waals surface area contributed by atoms with E-state index in [1.54, 1.807) is 18.2 Å². The SMILES string of the molecule is CC(C)CC(=O)c1ccc(OC(c2ccccc2)c2ccccc2)cc1OC[C@@H](O)CO. The molecule has 0 radical (unpaired) electrons. The molecular formula is C27H30O5. The molecular weight excluding hydrogens is 404 g/mol. The van der Waals surface area contributed by atoms with Crippen LogP contribution in [0.3, 0.4) is 0 Å². The third-order valence-electron chi connectivity index (χ3n) is 4.95. The fraction of sp³-hybridized carbons (Fsp3) is 0.296. The van der Waals surface area contributed by atoms with E-state index in [2.05, 4.69) is 0 Å². The van der Waals surface area contributed by atoms with Gasteiger partial charge in [0.2, 0.25) is 0 Å². The molecule has 2 N–H and O–H groups in total. The number of aliphatic hydroxyl groups excluding tert-OH is 2. The summed E-state index contributed by atoms with van der Waals surface area (Å²) >= 11 is 0. The van der Waals surface area contributed by atoms with Gasteiger partial charge in [-0.15, -0.1) is 0 Å². The summed E-state index contributed by atoms with van der Waals surface area (Å²) in [4.78, 5) is 12.7. The van der Waals surface area contributed by atoms with Crippen LogP contribution in [0.25, 0.3) is 0 Å². The first kappa shape index (κ1) is 23.5. The Morgan fingerprint density at radius 3 is 2.03 bits per heavy atom. The molecule has 5 heteroatoms. The Morgan fingerprint density at radius 2 is 1.50 bits per heavy atom. The van der Waals surface area contributed by atoms with E-state index in [0.717, 1.165) is 11.1 Å². The minimum atomic E-state index is -1.03. The smallest absolute Gasteiger partial charge is 0.166 e. The van der Waals surface area contributed by atoms with Crippen LogP contribution in [0.1, 0.15) is 47.9 Å². The van der Waals surface area contributed by atoms with Gasteiger partial charge in [-0.2, -0.15) is 0 Å². The highest BCUT2D eigenvalue weighted by Gasteiger charge is 2.20. The Balaban J connectivity index is 1.93. The van der Waals surface area contributed by atoms with Gasteiger partial charge in [-0.1, -0.05) is 74.5 Å². The molecule has 5 nitrogen and oxygen atoms in total. The van der Waals surface area contributed by atoms with Crippen molar-refractivity contribution in [1.29, 1.82) is 0 Å². The third-order valence-corrected chi connectivity index (χ3v) is 4.95. The topological polar surface area (TPSA) is 76.0 Å². The molecule has 168 valence electrons. The summed E-state index contributed by atoms with van der Waals surface area (Å²) in [5.74, 6) is 1.04. The van der Waals surface area contributed by atoms with Gasteiger partial charge < -0.3 is 19.7 Å². The molecule has 0 bridgehead atoms. The molecule has 3 aromatic rings. The molecule has 0 aliphatic carbocycles. The molecule has 0 saturated heterocycles. The number of aliphatic hydroxyl groups is 2. The van der Waals surface area contributed by atoms with E-state index in [1.807, 2.05) is 74.5 Å². The monoisotopic (exact) mass is 434 g/mol. The van der Waals surface area contributed by atoms with Crippen LogP contribution in [0, 0.1) is 5.92 Å². The van der Waals surface area contributed by atoms with Gasteiger partial charge >= 0.3 is 0 Å². The van der Waals surface area contributed by atoms with Gasteiger partial charge in [-0.3, -0.25) is 4.79 Å². The van der Waals surface area contributed by atoms with E-state index in [1.165, 1.54) is 0 Å². The Bertz CT molecular complexity index is 946. The van der Waals surface area contributed by atoms with Crippen molar-refractivity contribution in [2.24, 2.45) is 5.92 Å². The lowest BCUT2D eigenvalue weighted by Crippen LogP contribution is -2.22. The van der Waals surface area contributed by atoms with E-state index in [-0.39, 0.29) is 24.4 Å². The van der Waals surface area contributed by atoms with Gasteiger partial charge in [0.15, 0.2) is 5.78 Å². The Hall–Kier alpha value is -3.15. The van der Waals surface area contributed by atoms with Crippen molar-refractivity contribution in [1.82, 2.24) is 0 Å². The molecule has 0 spiro atoms. The minimum absolute atomic E-state index is 0.0392. The molecule has 0 fully saturated rings. The molecule has 0 unspecified atom stereocenters. The maximum Gasteiger partial charge on any atom is 0.166 e. The quantitative estimate of drug-likeness (QED) is 0.423. The first-order valence-corrected chi connectivity index (χ1v) is 10.8. The van der Waals surface area contributed by atoms with Crippen LogP contribution in [-0.2, 0) is 0 Å². The molecule has 0 amide bonds. The number of Topliss-reactive ketones (excluding diaryl/α,β-unsaturated/α-hetero) is 1. The average molecular weight is 435 g/mol. The van der Waals surface area contributed by atoms with Crippen molar-refractivity contribution in [2.45, 2.75) is 32.5 Å². The zero-order valence-electron chi connectivity index (χ0n) is 18.5. The molecule has 3 rings (SSSR count). The number of ketones is 1. The summed E-state index contributed by atoms with van der Waals surface area (Å²) in [6, 6.07) is 25.0. The molecule has 0 aromatic heterocycles. The minimum Gasteiger partial charge on any atom is -0.490 e. The predicted molar refractivity (Wildman–Crippen MR) is 124 cm³/mol. The van der Waals surface area contributed by atoms with E-state index in [0.29, 0.717) is 23.5 Å². The third kappa shape index (κ3) is 6.42. The normalized spacial score (nSPS) is 12.1. The summed E-state index contributed by atoms with van der Waals surface area (Å²) in [7, 11) is 0. The number of hydrogen-bond acceptors (Lipinski definition) is 5. The molecule has 3 aromatic carbocycles. The first-order valence-electron chi connectivity index (χ1n) is 10.8. The average Bonchev–Trinajstić information content (AvgIpc) is 2.81. The number of ether oxygens (including phenoxy) is 2. The lowest BCUT2D eigenvalue weighted by atomic mass is 10.00. The van der Waals surface area contributed by atoms with Gasteiger partial charge in [0.05, 0.1) is 12.2 Å². The Kier molecular flexibility index (Phi) is 8.42. The maximum absolute atomic E-state index is 12.7. The molecule has 0 aliphatic rings. The number of carbonyl (C=O) groups is 1. The van der Waals surface area contributed by atoms with Crippen LogP contribution in [0.5, 0.6) is 11.5 Å². The van der Waals surface area contributed by atoms with E-state index >= 15 is 0 Å². The van der Waals surface area contributed by atoms with Crippen molar-refractivity contribution < 1.29 is 24.5 Å². The van der Waals surface area contributed by atoms with Crippen molar-refractivity contribution >= 4 is 5.78 Å². The summed E-state index contributed by atoms with van der Waals surface area (Å²) < 4.78 is 12.1. The zero-order chi connectivity index (χ0) is 22.9. The number of rotatable bonds is 11.